The zero-order valence-corrected chi connectivity index (χ0v) is 18.7. The maximum absolute atomic E-state index is 14.0. The van der Waals surface area contributed by atoms with Crippen molar-refractivity contribution in [3.8, 4) is 0 Å². The van der Waals surface area contributed by atoms with Gasteiger partial charge in [-0.25, -0.2) is 8.78 Å². The second kappa shape index (κ2) is 8.68. The molecular formula is C25H21ClF2N4O2. The smallest absolute Gasteiger partial charge is 0.253 e. The second-order valence-electron chi connectivity index (χ2n) is 8.66. The van der Waals surface area contributed by atoms with E-state index in [2.05, 4.69) is 15.9 Å². The van der Waals surface area contributed by atoms with Crippen molar-refractivity contribution in [3.63, 3.8) is 0 Å². The topological polar surface area (TPSA) is 73.8 Å². The number of carbonyl (C=O) groups excluding carboxylic acids is 1. The highest BCUT2D eigenvalue weighted by atomic mass is 35.5. The van der Waals surface area contributed by atoms with Crippen LogP contribution in [-0.4, -0.2) is 10.9 Å². The monoisotopic (exact) mass is 482 g/mol. The standard InChI is InChI=1S/C25H21ClF2N4O2/c26-18-10-8-17(9-11-18)25(29-21-12-19(27)20(28)13-22(21)30-25)23(16-6-7-16)24(33)32(31-34)14-15-4-2-1-3-5-15/h1-5,8-13,16,23,29-30H,6-7,14H2. The molecule has 1 atom stereocenters. The van der Waals surface area contributed by atoms with Crippen LogP contribution in [-0.2, 0) is 17.0 Å². The highest BCUT2D eigenvalue weighted by Crippen LogP contribution is 2.52. The maximum Gasteiger partial charge on any atom is 0.253 e. The molecule has 5 rings (SSSR count). The molecule has 9 heteroatoms. The van der Waals surface area contributed by atoms with E-state index in [0.29, 0.717) is 22.0 Å². The average Bonchev–Trinajstić information content (AvgIpc) is 3.60. The van der Waals surface area contributed by atoms with Gasteiger partial charge in [-0.1, -0.05) is 54.1 Å². The third kappa shape index (κ3) is 3.98. The highest BCUT2D eigenvalue weighted by molar-refractivity contribution is 6.30. The second-order valence-corrected chi connectivity index (χ2v) is 9.09. The summed E-state index contributed by atoms with van der Waals surface area (Å²) in [5, 5.41) is 11.0. The van der Waals surface area contributed by atoms with E-state index in [1.54, 1.807) is 36.4 Å². The number of nitrogens with zero attached hydrogens (tertiary/aromatic N) is 2. The average molecular weight is 483 g/mol. The molecule has 1 amide bonds. The lowest BCUT2D eigenvalue weighted by Crippen LogP contribution is -2.53. The van der Waals surface area contributed by atoms with E-state index in [-0.39, 0.29) is 12.5 Å². The molecule has 3 aromatic carbocycles. The van der Waals surface area contributed by atoms with Crippen molar-refractivity contribution in [2.24, 2.45) is 17.1 Å². The molecule has 1 aliphatic heterocycles. The lowest BCUT2D eigenvalue weighted by atomic mass is 9.81. The molecule has 0 aromatic heterocycles. The summed E-state index contributed by atoms with van der Waals surface area (Å²) in [5.41, 5.74) is 0.780. The van der Waals surface area contributed by atoms with Crippen LogP contribution in [0.3, 0.4) is 0 Å². The van der Waals surface area contributed by atoms with Crippen molar-refractivity contribution in [1.29, 1.82) is 0 Å². The molecule has 2 N–H and O–H groups in total. The molecule has 0 spiro atoms. The van der Waals surface area contributed by atoms with Crippen molar-refractivity contribution in [1.82, 2.24) is 5.01 Å². The number of halogens is 3. The van der Waals surface area contributed by atoms with E-state index in [9.17, 15) is 18.5 Å². The molecule has 1 aliphatic carbocycles. The quantitative estimate of drug-likeness (QED) is 0.318. The van der Waals surface area contributed by atoms with E-state index in [4.69, 9.17) is 11.6 Å². The fourth-order valence-electron chi connectivity index (χ4n) is 4.64. The van der Waals surface area contributed by atoms with E-state index in [0.717, 1.165) is 35.5 Å². The Bertz CT molecular complexity index is 1200. The van der Waals surface area contributed by atoms with Crippen LogP contribution in [0.15, 0.2) is 72.0 Å². The zero-order valence-electron chi connectivity index (χ0n) is 18.0. The van der Waals surface area contributed by atoms with E-state index in [1.807, 2.05) is 18.2 Å². The van der Waals surface area contributed by atoms with Gasteiger partial charge in [-0.15, -0.1) is 4.91 Å². The minimum absolute atomic E-state index is 0.0132. The zero-order chi connectivity index (χ0) is 23.9. The number of benzene rings is 3. The van der Waals surface area contributed by atoms with Crippen LogP contribution in [0, 0.1) is 28.4 Å². The maximum atomic E-state index is 14.0. The van der Waals surface area contributed by atoms with Crippen molar-refractivity contribution in [3.05, 3.63) is 99.4 Å². The Kier molecular flexibility index (Phi) is 5.69. The molecule has 34 heavy (non-hydrogen) atoms. The number of nitrogens with one attached hydrogen (secondary N) is 2. The molecular weight excluding hydrogens is 462 g/mol. The summed E-state index contributed by atoms with van der Waals surface area (Å²) in [6.45, 7) is 0.0132. The van der Waals surface area contributed by atoms with E-state index < -0.39 is 29.1 Å². The largest absolute Gasteiger partial charge is 0.357 e. The summed E-state index contributed by atoms with van der Waals surface area (Å²) in [5.74, 6) is -3.34. The van der Waals surface area contributed by atoms with Gasteiger partial charge in [0.1, 0.15) is 5.66 Å². The predicted octanol–water partition coefficient (Wildman–Crippen LogP) is 6.05. The van der Waals surface area contributed by atoms with Gasteiger partial charge in [0.25, 0.3) is 5.91 Å². The van der Waals surface area contributed by atoms with Crippen LogP contribution in [0.2, 0.25) is 5.02 Å². The Balaban J connectivity index is 1.58. The van der Waals surface area contributed by atoms with Crippen molar-refractivity contribution in [2.75, 3.05) is 10.6 Å². The number of hydrogen-bond acceptors (Lipinski definition) is 5. The third-order valence-corrected chi connectivity index (χ3v) is 6.63. The van der Waals surface area contributed by atoms with Crippen LogP contribution in [0.1, 0.15) is 24.0 Å². The fourth-order valence-corrected chi connectivity index (χ4v) is 4.76. The number of anilines is 2. The molecule has 2 aliphatic rings. The molecule has 1 fully saturated rings. The molecule has 1 saturated carbocycles. The summed E-state index contributed by atoms with van der Waals surface area (Å²) < 4.78 is 28.1. The van der Waals surface area contributed by atoms with Crippen LogP contribution in [0.5, 0.6) is 0 Å². The lowest BCUT2D eigenvalue weighted by Gasteiger charge is -2.39. The highest BCUT2D eigenvalue weighted by Gasteiger charge is 2.56. The number of hydrogen-bond donors (Lipinski definition) is 2. The van der Waals surface area contributed by atoms with Crippen LogP contribution < -0.4 is 10.6 Å². The number of fused-ring (bicyclic) bond motifs is 1. The summed E-state index contributed by atoms with van der Waals surface area (Å²) in [6.07, 6.45) is 1.54. The number of amides is 1. The Hall–Kier alpha value is -3.52. The van der Waals surface area contributed by atoms with Gasteiger partial charge in [0.05, 0.1) is 29.1 Å². The van der Waals surface area contributed by atoms with E-state index >= 15 is 0 Å². The molecule has 0 radical (unpaired) electrons. The van der Waals surface area contributed by atoms with Gasteiger partial charge in [-0.05, 0) is 42.0 Å². The van der Waals surface area contributed by atoms with Crippen molar-refractivity contribution in [2.45, 2.75) is 25.0 Å². The number of rotatable bonds is 7. The predicted molar refractivity (Wildman–Crippen MR) is 126 cm³/mol. The summed E-state index contributed by atoms with van der Waals surface area (Å²) >= 11 is 6.10. The van der Waals surface area contributed by atoms with Crippen LogP contribution in [0.4, 0.5) is 20.2 Å². The number of carbonyl (C=O) groups is 1. The Morgan fingerprint density at radius 1 is 1.03 bits per heavy atom. The molecule has 0 bridgehead atoms. The third-order valence-electron chi connectivity index (χ3n) is 6.38. The molecule has 3 aromatic rings. The van der Waals surface area contributed by atoms with Gasteiger partial charge in [0.2, 0.25) is 0 Å². The minimum atomic E-state index is -1.26. The van der Waals surface area contributed by atoms with Gasteiger partial charge in [-0.3, -0.25) is 4.79 Å². The Labute approximate surface area is 199 Å². The summed E-state index contributed by atoms with van der Waals surface area (Å²) in [7, 11) is 0. The van der Waals surface area contributed by atoms with Gasteiger partial charge in [0, 0.05) is 17.2 Å². The number of nitroso groups, excluding NO2 is 1. The fraction of sp³-hybridized carbons (Fsp3) is 0.240. The molecule has 1 heterocycles. The normalized spacial score (nSPS) is 16.7. The molecule has 0 saturated heterocycles. The first-order chi connectivity index (χ1) is 16.4. The van der Waals surface area contributed by atoms with Crippen molar-refractivity contribution < 1.29 is 13.6 Å². The van der Waals surface area contributed by atoms with Gasteiger partial charge < -0.3 is 10.6 Å². The van der Waals surface area contributed by atoms with Crippen molar-refractivity contribution >= 4 is 28.9 Å². The molecule has 1 unspecified atom stereocenters. The SMILES string of the molecule is O=NN(Cc1ccccc1)C(=O)C(C1CC1)C1(c2ccc(Cl)cc2)Nc2cc(F)c(F)cc2N1. The molecule has 6 nitrogen and oxygen atoms in total. The van der Waals surface area contributed by atoms with Crippen LogP contribution >= 0.6 is 11.6 Å². The van der Waals surface area contributed by atoms with Gasteiger partial charge in [0.15, 0.2) is 11.6 Å². The van der Waals surface area contributed by atoms with Gasteiger partial charge in [-0.2, -0.15) is 5.01 Å². The first kappa shape index (κ1) is 22.3. The lowest BCUT2D eigenvalue weighted by molar-refractivity contribution is -0.139. The molecule has 174 valence electrons. The Morgan fingerprint density at radius 2 is 1.62 bits per heavy atom. The first-order valence-corrected chi connectivity index (χ1v) is 11.3. The van der Waals surface area contributed by atoms with Crippen LogP contribution in [0.25, 0.3) is 0 Å². The Morgan fingerprint density at radius 3 is 2.15 bits per heavy atom. The minimum Gasteiger partial charge on any atom is -0.357 e. The first-order valence-electron chi connectivity index (χ1n) is 10.9. The summed E-state index contributed by atoms with van der Waals surface area (Å²) in [4.78, 5) is 25.7. The van der Waals surface area contributed by atoms with E-state index in [1.165, 1.54) is 0 Å². The summed E-state index contributed by atoms with van der Waals surface area (Å²) in [6, 6.07) is 18.1. The van der Waals surface area contributed by atoms with Gasteiger partial charge >= 0.3 is 0 Å².